The van der Waals surface area contributed by atoms with E-state index in [0.717, 1.165) is 16.3 Å². The summed E-state index contributed by atoms with van der Waals surface area (Å²) in [5.41, 5.74) is 2.26. The van der Waals surface area contributed by atoms with Gasteiger partial charge < -0.3 is 9.68 Å². The average Bonchev–Trinajstić information content (AvgIpc) is 3.02. The molecular weight excluding hydrogens is 308 g/mol. The lowest BCUT2D eigenvalue weighted by atomic mass is 10.2. The predicted octanol–water partition coefficient (Wildman–Crippen LogP) is 2.76. The summed E-state index contributed by atoms with van der Waals surface area (Å²) < 4.78 is 3.48. The zero-order chi connectivity index (χ0) is 15.9. The number of aromatic nitrogens is 2. The molecule has 0 amide bonds. The number of benzene rings is 2. The Balaban J connectivity index is 1.64. The fourth-order valence-corrected chi connectivity index (χ4v) is 2.75. The van der Waals surface area contributed by atoms with E-state index in [-0.39, 0.29) is 0 Å². The first-order chi connectivity index (χ1) is 11.4. The van der Waals surface area contributed by atoms with Crippen molar-refractivity contribution in [3.05, 3.63) is 84.2 Å². The average molecular weight is 327 g/mol. The molecule has 3 aromatic rings. The Morgan fingerprint density at radius 2 is 1.52 bits per heavy atom. The fourth-order valence-electron chi connectivity index (χ4n) is 2.16. The van der Waals surface area contributed by atoms with Crippen molar-refractivity contribution in [1.82, 2.24) is 4.73 Å². The third kappa shape index (κ3) is 4.07. The summed E-state index contributed by atoms with van der Waals surface area (Å²) >= 11 is 1.57. The van der Waals surface area contributed by atoms with E-state index in [1.807, 2.05) is 79.3 Å². The van der Waals surface area contributed by atoms with Gasteiger partial charge in [-0.1, -0.05) is 60.7 Å². The molecule has 0 saturated carbocycles. The Bertz CT molecular complexity index is 668. The van der Waals surface area contributed by atoms with Crippen LogP contribution in [0, 0.1) is 0 Å². The van der Waals surface area contributed by atoms with Gasteiger partial charge in [0.15, 0.2) is 25.6 Å². The van der Waals surface area contributed by atoms with Crippen LogP contribution in [0.4, 0.5) is 0 Å². The Hall–Kier alpha value is -2.40. The summed E-state index contributed by atoms with van der Waals surface area (Å²) in [4.78, 5) is 11.7. The second-order valence-corrected chi connectivity index (χ2v) is 5.73. The molecule has 23 heavy (non-hydrogen) atoms. The first kappa shape index (κ1) is 15.5. The Kier molecular flexibility index (Phi) is 5.21. The van der Waals surface area contributed by atoms with Crippen LogP contribution in [-0.2, 0) is 13.2 Å². The molecule has 3 rings (SSSR count). The van der Waals surface area contributed by atoms with E-state index < -0.39 is 0 Å². The van der Waals surface area contributed by atoms with Crippen LogP contribution in [0.2, 0.25) is 0 Å². The smallest absolute Gasteiger partial charge is 0.330 e. The fraction of sp³-hybridized carbons (Fsp3) is 0.167. The van der Waals surface area contributed by atoms with Crippen LogP contribution in [0.15, 0.2) is 78.2 Å². The van der Waals surface area contributed by atoms with E-state index in [9.17, 15) is 0 Å². The molecule has 1 aromatic heterocycles. The highest BCUT2D eigenvalue weighted by Crippen LogP contribution is 2.09. The van der Waals surface area contributed by atoms with Crippen LogP contribution >= 0.6 is 11.8 Å². The van der Waals surface area contributed by atoms with E-state index in [4.69, 9.17) is 9.68 Å². The summed E-state index contributed by atoms with van der Waals surface area (Å²) in [7, 11) is 0. The largest absolute Gasteiger partial charge is 0.396 e. The number of hydrogen-bond acceptors (Lipinski definition) is 3. The van der Waals surface area contributed by atoms with Crippen LogP contribution < -0.4 is 14.4 Å². The van der Waals surface area contributed by atoms with Crippen molar-refractivity contribution in [1.29, 1.82) is 0 Å². The second kappa shape index (κ2) is 7.74. The topological polar surface area (TPSA) is 27.3 Å². The quantitative estimate of drug-likeness (QED) is 0.493. The molecule has 0 atom stereocenters. The summed E-state index contributed by atoms with van der Waals surface area (Å²) in [6, 6.07) is 20.2. The highest BCUT2D eigenvalue weighted by atomic mass is 32.2. The SMILES string of the molecule is CSc1n(OCc2ccccc2)cc[n+]1OCc1ccccc1. The molecule has 118 valence electrons. The van der Waals surface area contributed by atoms with E-state index in [1.165, 1.54) is 0 Å². The first-order valence-corrected chi connectivity index (χ1v) is 8.61. The van der Waals surface area contributed by atoms with Crippen LogP contribution in [0.3, 0.4) is 0 Å². The molecule has 0 fully saturated rings. The monoisotopic (exact) mass is 327 g/mol. The highest BCUT2D eigenvalue weighted by molar-refractivity contribution is 7.98. The number of thioether (sulfide) groups is 1. The summed E-state index contributed by atoms with van der Waals surface area (Å²) in [5, 5.41) is 0.886. The maximum absolute atomic E-state index is 5.84. The van der Waals surface area contributed by atoms with Gasteiger partial charge in [0, 0.05) is 0 Å². The standard InChI is InChI=1S/C18H19N2O2S/c1-23-18-19(21-14-16-8-4-2-5-9-16)12-13-20(18)22-15-17-10-6-3-7-11-17/h2-13H,14-15H2,1H3/q+1. The maximum atomic E-state index is 5.84. The molecule has 4 nitrogen and oxygen atoms in total. The minimum absolute atomic E-state index is 0.516. The summed E-state index contributed by atoms with van der Waals surface area (Å²) in [6.45, 7) is 1.03. The second-order valence-electron chi connectivity index (χ2n) is 4.95. The van der Waals surface area contributed by atoms with E-state index in [1.54, 1.807) is 21.2 Å². The molecule has 5 heteroatoms. The lowest BCUT2D eigenvalue weighted by molar-refractivity contribution is -0.923. The summed E-state index contributed by atoms with van der Waals surface area (Å²) in [6.07, 6.45) is 5.72. The van der Waals surface area contributed by atoms with Crippen molar-refractivity contribution in [3.8, 4) is 0 Å². The molecule has 1 heterocycles. The molecule has 0 aliphatic carbocycles. The van der Waals surface area contributed by atoms with E-state index >= 15 is 0 Å². The minimum atomic E-state index is 0.516. The van der Waals surface area contributed by atoms with E-state index in [0.29, 0.717) is 13.2 Å². The van der Waals surface area contributed by atoms with Gasteiger partial charge in [0.25, 0.3) is 0 Å². The molecule has 0 aliphatic rings. The molecule has 0 spiro atoms. The Morgan fingerprint density at radius 3 is 2.13 bits per heavy atom. The van der Waals surface area contributed by atoms with Crippen LogP contribution in [0.5, 0.6) is 0 Å². The van der Waals surface area contributed by atoms with Gasteiger partial charge in [-0.25, -0.2) is 0 Å². The Labute approximate surface area is 140 Å². The van der Waals surface area contributed by atoms with Crippen LogP contribution in [-0.4, -0.2) is 11.0 Å². The number of hydrogen-bond donors (Lipinski definition) is 0. The van der Waals surface area contributed by atoms with Crippen molar-refractivity contribution in [2.75, 3.05) is 6.26 Å². The normalized spacial score (nSPS) is 10.5. The van der Waals surface area contributed by atoms with E-state index in [2.05, 4.69) is 0 Å². The van der Waals surface area contributed by atoms with Gasteiger partial charge in [-0.3, -0.25) is 0 Å². The van der Waals surface area contributed by atoms with Crippen LogP contribution in [0.25, 0.3) is 0 Å². The van der Waals surface area contributed by atoms with Crippen molar-refractivity contribution in [3.63, 3.8) is 0 Å². The lowest BCUT2D eigenvalue weighted by Gasteiger charge is -2.04. The third-order valence-corrected chi connectivity index (χ3v) is 4.05. The van der Waals surface area contributed by atoms with Gasteiger partial charge in [0.1, 0.15) is 0 Å². The number of imidazole rings is 1. The predicted molar refractivity (Wildman–Crippen MR) is 89.9 cm³/mol. The van der Waals surface area contributed by atoms with Crippen molar-refractivity contribution >= 4 is 11.8 Å². The number of nitrogens with zero attached hydrogens (tertiary/aromatic N) is 2. The molecular formula is C18H19N2O2S+. The molecule has 2 aromatic carbocycles. The van der Waals surface area contributed by atoms with Gasteiger partial charge in [-0.2, -0.15) is 0 Å². The molecule has 0 unspecified atom stereocenters. The number of rotatable bonds is 7. The van der Waals surface area contributed by atoms with Gasteiger partial charge in [-0.05, 0) is 38.6 Å². The zero-order valence-corrected chi connectivity index (χ0v) is 13.8. The van der Waals surface area contributed by atoms with Crippen molar-refractivity contribution in [2.45, 2.75) is 18.4 Å². The molecule has 0 saturated heterocycles. The molecule has 0 radical (unpaired) electrons. The first-order valence-electron chi connectivity index (χ1n) is 7.38. The minimum Gasteiger partial charge on any atom is -0.330 e. The molecule has 0 bridgehead atoms. The van der Waals surface area contributed by atoms with Crippen molar-refractivity contribution in [2.24, 2.45) is 0 Å². The van der Waals surface area contributed by atoms with Crippen LogP contribution in [0.1, 0.15) is 11.1 Å². The molecule has 0 N–H and O–H groups in total. The van der Waals surface area contributed by atoms with Gasteiger partial charge in [-0.15, -0.1) is 0 Å². The van der Waals surface area contributed by atoms with Gasteiger partial charge in [0.2, 0.25) is 0 Å². The van der Waals surface area contributed by atoms with Crippen molar-refractivity contribution < 1.29 is 14.4 Å². The Morgan fingerprint density at radius 1 is 0.913 bits per heavy atom. The third-order valence-electron chi connectivity index (χ3n) is 3.32. The summed E-state index contributed by atoms with van der Waals surface area (Å²) in [5.74, 6) is 0. The maximum Gasteiger partial charge on any atom is 0.396 e. The molecule has 0 aliphatic heterocycles. The van der Waals surface area contributed by atoms with Gasteiger partial charge in [0.05, 0.1) is 0 Å². The highest BCUT2D eigenvalue weighted by Gasteiger charge is 2.19. The zero-order valence-electron chi connectivity index (χ0n) is 13.0. The lowest BCUT2D eigenvalue weighted by Crippen LogP contribution is -2.43. The van der Waals surface area contributed by atoms with Gasteiger partial charge >= 0.3 is 5.16 Å².